The van der Waals surface area contributed by atoms with Crippen molar-refractivity contribution in [1.29, 1.82) is 0 Å². The van der Waals surface area contributed by atoms with Crippen molar-refractivity contribution >= 4 is 6.08 Å². The first-order chi connectivity index (χ1) is 5.85. The standard InChI is InChI=1S/C5H6N2.C2H6N.C2H6.Na/c1-2-5-3-6-7-4-5;1-3-2;1-2;/h2-4H,1H2,(H,6,7);1-2H3;1-2H3;/q;-1;;+1. The molecule has 1 heterocycles. The summed E-state index contributed by atoms with van der Waals surface area (Å²) in [7, 11) is 3.50. The summed E-state index contributed by atoms with van der Waals surface area (Å²) < 4.78 is 0. The molecule has 0 aromatic carbocycles. The summed E-state index contributed by atoms with van der Waals surface area (Å²) in [5, 5.41) is 9.86. The smallest absolute Gasteiger partial charge is 0.668 e. The Kier molecular flexibility index (Phi) is 25.6. The maximum atomic E-state index is 3.70. The number of hydrogen-bond acceptors (Lipinski definition) is 1. The summed E-state index contributed by atoms with van der Waals surface area (Å²) in [4.78, 5) is 0. The van der Waals surface area contributed by atoms with E-state index in [1.165, 1.54) is 0 Å². The minimum absolute atomic E-state index is 0. The third-order valence-corrected chi connectivity index (χ3v) is 0.755. The molecule has 0 saturated carbocycles. The van der Waals surface area contributed by atoms with Crippen molar-refractivity contribution in [2.24, 2.45) is 0 Å². The molecule has 0 bridgehead atoms. The minimum atomic E-state index is 0. The van der Waals surface area contributed by atoms with E-state index in [0.29, 0.717) is 0 Å². The number of aromatic nitrogens is 2. The molecule has 4 heteroatoms. The van der Waals surface area contributed by atoms with Crippen LogP contribution in [0.15, 0.2) is 19.0 Å². The van der Waals surface area contributed by atoms with Crippen molar-refractivity contribution in [3.63, 3.8) is 0 Å². The number of hydrogen-bond donors (Lipinski definition) is 1. The molecule has 0 aliphatic heterocycles. The van der Waals surface area contributed by atoms with Crippen LogP contribution < -0.4 is 29.6 Å². The van der Waals surface area contributed by atoms with Gasteiger partial charge >= 0.3 is 29.6 Å². The van der Waals surface area contributed by atoms with Gasteiger partial charge in [-0.2, -0.15) is 19.2 Å². The molecule has 3 nitrogen and oxygen atoms in total. The van der Waals surface area contributed by atoms with Gasteiger partial charge in [-0.25, -0.2) is 0 Å². The SMILES string of the molecule is C=Cc1cn[nH]c1.CC.C[N-]C.[Na+]. The van der Waals surface area contributed by atoms with Gasteiger partial charge in [0.25, 0.3) is 0 Å². The van der Waals surface area contributed by atoms with Crippen LogP contribution in [0.3, 0.4) is 0 Å². The zero-order valence-corrected chi connectivity index (χ0v) is 11.3. The molecular formula is C9H18N3Na. The monoisotopic (exact) mass is 191 g/mol. The van der Waals surface area contributed by atoms with E-state index in [9.17, 15) is 0 Å². The second kappa shape index (κ2) is 17.9. The predicted molar refractivity (Wildman–Crippen MR) is 55.2 cm³/mol. The molecule has 1 N–H and O–H groups in total. The van der Waals surface area contributed by atoms with Crippen LogP contribution >= 0.6 is 0 Å². The summed E-state index contributed by atoms with van der Waals surface area (Å²) in [5.41, 5.74) is 1.03. The molecule has 70 valence electrons. The summed E-state index contributed by atoms with van der Waals surface area (Å²) in [5.74, 6) is 0. The minimum Gasteiger partial charge on any atom is -0.668 e. The Balaban J connectivity index is -0.000000146. The molecule has 0 radical (unpaired) electrons. The first-order valence-corrected chi connectivity index (χ1v) is 3.94. The molecular weight excluding hydrogens is 173 g/mol. The van der Waals surface area contributed by atoms with Gasteiger partial charge in [-0.1, -0.05) is 26.5 Å². The molecule has 1 aromatic heterocycles. The van der Waals surface area contributed by atoms with Gasteiger partial charge in [0.15, 0.2) is 0 Å². The van der Waals surface area contributed by atoms with Crippen molar-refractivity contribution in [1.82, 2.24) is 10.2 Å². The molecule has 0 unspecified atom stereocenters. The van der Waals surface area contributed by atoms with Crippen molar-refractivity contribution < 1.29 is 29.6 Å². The molecule has 0 atom stereocenters. The van der Waals surface area contributed by atoms with Crippen molar-refractivity contribution in [2.45, 2.75) is 13.8 Å². The quantitative estimate of drug-likeness (QED) is 0.609. The van der Waals surface area contributed by atoms with Crippen LogP contribution in [0.4, 0.5) is 0 Å². The molecule has 0 spiro atoms. The Hall–Kier alpha value is -0.0900. The molecule has 0 saturated heterocycles. The van der Waals surface area contributed by atoms with Gasteiger partial charge in [0, 0.05) is 11.8 Å². The van der Waals surface area contributed by atoms with Crippen LogP contribution in [-0.2, 0) is 0 Å². The van der Waals surface area contributed by atoms with Gasteiger partial charge in [-0.05, 0) is 0 Å². The van der Waals surface area contributed by atoms with Gasteiger partial charge in [0.2, 0.25) is 0 Å². The van der Waals surface area contributed by atoms with Crippen molar-refractivity contribution in [3.05, 3.63) is 29.9 Å². The average Bonchev–Trinajstić information content (AvgIpc) is 2.61. The van der Waals surface area contributed by atoms with Gasteiger partial charge in [-0.3, -0.25) is 5.10 Å². The molecule has 13 heavy (non-hydrogen) atoms. The summed E-state index contributed by atoms with van der Waals surface area (Å²) >= 11 is 0. The number of aromatic amines is 1. The second-order valence-electron chi connectivity index (χ2n) is 1.68. The number of rotatable bonds is 1. The fourth-order valence-corrected chi connectivity index (χ4v) is 0.373. The number of nitrogens with one attached hydrogen (secondary N) is 1. The molecule has 1 rings (SSSR count). The Morgan fingerprint density at radius 3 is 2.08 bits per heavy atom. The fraction of sp³-hybridized carbons (Fsp3) is 0.444. The normalized spacial score (nSPS) is 6.46. The molecule has 0 aliphatic rings. The molecule has 0 aliphatic carbocycles. The van der Waals surface area contributed by atoms with Crippen LogP contribution in [0.1, 0.15) is 19.4 Å². The molecule has 0 amide bonds. The third-order valence-electron chi connectivity index (χ3n) is 0.755. The fourth-order valence-electron chi connectivity index (χ4n) is 0.373. The number of nitrogens with zero attached hydrogens (tertiary/aromatic N) is 2. The first-order valence-electron chi connectivity index (χ1n) is 3.94. The van der Waals surface area contributed by atoms with Crippen LogP contribution in [-0.4, -0.2) is 24.3 Å². The van der Waals surface area contributed by atoms with E-state index in [1.807, 2.05) is 13.8 Å². The maximum Gasteiger partial charge on any atom is 1.00 e. The van der Waals surface area contributed by atoms with Crippen LogP contribution in [0.2, 0.25) is 0 Å². The topological polar surface area (TPSA) is 42.8 Å². The van der Waals surface area contributed by atoms with E-state index in [0.717, 1.165) is 5.56 Å². The Labute approximate surface area is 103 Å². The van der Waals surface area contributed by atoms with E-state index in [4.69, 9.17) is 0 Å². The van der Waals surface area contributed by atoms with E-state index in [2.05, 4.69) is 22.1 Å². The van der Waals surface area contributed by atoms with E-state index in [1.54, 1.807) is 32.6 Å². The molecule has 0 fully saturated rings. The van der Waals surface area contributed by atoms with Gasteiger partial charge in [-0.15, -0.1) is 0 Å². The Morgan fingerprint density at radius 2 is 1.92 bits per heavy atom. The summed E-state index contributed by atoms with van der Waals surface area (Å²) in [6.07, 6.45) is 5.24. The Bertz CT molecular complexity index is 161. The van der Waals surface area contributed by atoms with Crippen LogP contribution in [0.5, 0.6) is 0 Å². The number of H-pyrrole nitrogens is 1. The zero-order valence-electron chi connectivity index (χ0n) is 9.33. The molecule has 1 aromatic rings. The van der Waals surface area contributed by atoms with E-state index < -0.39 is 0 Å². The van der Waals surface area contributed by atoms with E-state index >= 15 is 0 Å². The van der Waals surface area contributed by atoms with Gasteiger partial charge < -0.3 is 5.32 Å². The third kappa shape index (κ3) is 14.7. The predicted octanol–water partition coefficient (Wildman–Crippen LogP) is -0.297. The summed E-state index contributed by atoms with van der Waals surface area (Å²) in [6.45, 7) is 7.54. The Morgan fingerprint density at radius 1 is 1.46 bits per heavy atom. The summed E-state index contributed by atoms with van der Waals surface area (Å²) in [6, 6.07) is 0. The van der Waals surface area contributed by atoms with Crippen molar-refractivity contribution in [3.8, 4) is 0 Å². The largest absolute Gasteiger partial charge is 1.00 e. The second-order valence-corrected chi connectivity index (χ2v) is 1.68. The zero-order chi connectivity index (χ0) is 9.82. The van der Waals surface area contributed by atoms with Crippen molar-refractivity contribution in [2.75, 3.05) is 14.1 Å². The average molecular weight is 191 g/mol. The van der Waals surface area contributed by atoms with E-state index in [-0.39, 0.29) is 29.6 Å². The van der Waals surface area contributed by atoms with Crippen LogP contribution in [0.25, 0.3) is 11.4 Å². The first kappa shape index (κ1) is 18.6. The maximum absolute atomic E-state index is 3.70. The van der Waals surface area contributed by atoms with Crippen LogP contribution in [0, 0.1) is 0 Å². The van der Waals surface area contributed by atoms with Gasteiger partial charge in [0.05, 0.1) is 6.20 Å². The van der Waals surface area contributed by atoms with Gasteiger partial charge in [0.1, 0.15) is 0 Å².